The number of hydrogen-bond donors (Lipinski definition) is 2. The zero-order valence-electron chi connectivity index (χ0n) is 12.8. The smallest absolute Gasteiger partial charge is 0.143 e. The summed E-state index contributed by atoms with van der Waals surface area (Å²) in [7, 11) is 1.58. The Morgan fingerprint density at radius 2 is 1.29 bits per heavy atom. The molecule has 0 bridgehead atoms. The van der Waals surface area contributed by atoms with Crippen LogP contribution in [0.5, 0.6) is 5.75 Å². The predicted molar refractivity (Wildman–Crippen MR) is 86.6 cm³/mol. The molecular weight excluding hydrogens is 264 g/mol. The fourth-order valence-corrected chi connectivity index (χ4v) is 2.02. The normalized spacial score (nSPS) is 11.0. The molecule has 5 nitrogen and oxygen atoms in total. The fourth-order valence-electron chi connectivity index (χ4n) is 2.02. The van der Waals surface area contributed by atoms with Gasteiger partial charge in [0.2, 0.25) is 0 Å². The second-order valence-electron chi connectivity index (χ2n) is 5.08. The first-order valence-electron chi connectivity index (χ1n) is 6.65. The highest BCUT2D eigenvalue weighted by molar-refractivity contribution is 5.64. The van der Waals surface area contributed by atoms with E-state index in [4.69, 9.17) is 16.2 Å². The van der Waals surface area contributed by atoms with E-state index in [1.165, 1.54) is 0 Å². The molecule has 0 aliphatic heterocycles. The van der Waals surface area contributed by atoms with Gasteiger partial charge < -0.3 is 16.2 Å². The Bertz CT molecular complexity index is 708. The second-order valence-corrected chi connectivity index (χ2v) is 5.08. The van der Waals surface area contributed by atoms with E-state index < -0.39 is 0 Å². The summed E-state index contributed by atoms with van der Waals surface area (Å²) in [4.78, 5) is 0. The van der Waals surface area contributed by atoms with E-state index in [1.807, 2.05) is 39.0 Å². The molecule has 0 atom stereocenters. The van der Waals surface area contributed by atoms with Crippen LogP contribution in [0.2, 0.25) is 0 Å². The van der Waals surface area contributed by atoms with Gasteiger partial charge in [0.1, 0.15) is 5.75 Å². The number of benzene rings is 2. The fraction of sp³-hybridized carbons (Fsp3) is 0.250. The maximum absolute atomic E-state index is 5.87. The van der Waals surface area contributed by atoms with Gasteiger partial charge in [-0.2, -0.15) is 10.2 Å². The minimum absolute atomic E-state index is 0.591. The van der Waals surface area contributed by atoms with Crippen LogP contribution in [0.15, 0.2) is 34.5 Å². The number of rotatable bonds is 3. The Balaban J connectivity index is 2.40. The molecule has 0 radical (unpaired) electrons. The monoisotopic (exact) mass is 284 g/mol. The number of aryl methyl sites for hydroxylation is 3. The van der Waals surface area contributed by atoms with E-state index in [-0.39, 0.29) is 0 Å². The molecule has 0 amide bonds. The number of methoxy groups -OCH3 is 1. The van der Waals surface area contributed by atoms with Crippen LogP contribution >= 0.6 is 0 Å². The van der Waals surface area contributed by atoms with Crippen molar-refractivity contribution in [2.45, 2.75) is 20.8 Å². The largest absolute Gasteiger partial charge is 0.495 e. The van der Waals surface area contributed by atoms with Crippen LogP contribution in [-0.4, -0.2) is 7.11 Å². The first-order chi connectivity index (χ1) is 9.92. The van der Waals surface area contributed by atoms with Gasteiger partial charge in [-0.05, 0) is 55.7 Å². The molecule has 2 aromatic rings. The van der Waals surface area contributed by atoms with Crippen molar-refractivity contribution in [1.29, 1.82) is 0 Å². The quantitative estimate of drug-likeness (QED) is 0.654. The lowest BCUT2D eigenvalue weighted by molar-refractivity contribution is 0.417. The van der Waals surface area contributed by atoms with Gasteiger partial charge in [0.25, 0.3) is 0 Å². The van der Waals surface area contributed by atoms with Crippen LogP contribution in [0.4, 0.5) is 22.7 Å². The molecule has 0 spiro atoms. The van der Waals surface area contributed by atoms with Crippen molar-refractivity contribution in [3.8, 4) is 5.75 Å². The summed E-state index contributed by atoms with van der Waals surface area (Å²) in [6.45, 7) is 5.84. The maximum atomic E-state index is 5.87. The highest BCUT2D eigenvalue weighted by Gasteiger charge is 2.06. The van der Waals surface area contributed by atoms with Gasteiger partial charge in [0.05, 0.1) is 24.2 Å². The summed E-state index contributed by atoms with van der Waals surface area (Å²) < 4.78 is 5.21. The van der Waals surface area contributed by atoms with Gasteiger partial charge in [0, 0.05) is 11.8 Å². The highest BCUT2D eigenvalue weighted by atomic mass is 16.5. The first-order valence-corrected chi connectivity index (χ1v) is 6.65. The molecule has 5 heteroatoms. The van der Waals surface area contributed by atoms with Crippen LogP contribution in [-0.2, 0) is 0 Å². The lowest BCUT2D eigenvalue weighted by Gasteiger charge is -2.08. The number of hydrogen-bond acceptors (Lipinski definition) is 5. The standard InChI is InChI=1S/C16H20N4O/c1-9-7-14(10(2)5-12(9)17)19-20-15-8-16(21-4)13(18)6-11(15)3/h5-8H,17-18H2,1-4H3. The van der Waals surface area contributed by atoms with Crippen molar-refractivity contribution in [3.63, 3.8) is 0 Å². The molecule has 0 saturated heterocycles. The molecule has 0 aromatic heterocycles. The molecule has 0 aliphatic rings. The summed E-state index contributed by atoms with van der Waals surface area (Å²) >= 11 is 0. The van der Waals surface area contributed by atoms with Crippen LogP contribution in [0, 0.1) is 20.8 Å². The molecule has 0 fully saturated rings. The summed E-state index contributed by atoms with van der Waals surface area (Å²) in [6.07, 6.45) is 0. The second kappa shape index (κ2) is 5.83. The number of azo groups is 1. The van der Waals surface area contributed by atoms with Crippen molar-refractivity contribution >= 4 is 22.7 Å². The minimum Gasteiger partial charge on any atom is -0.495 e. The van der Waals surface area contributed by atoms with Crippen LogP contribution in [0.1, 0.15) is 16.7 Å². The topological polar surface area (TPSA) is 86.0 Å². The number of ether oxygens (including phenoxy) is 1. The van der Waals surface area contributed by atoms with Gasteiger partial charge >= 0.3 is 0 Å². The van der Waals surface area contributed by atoms with E-state index in [9.17, 15) is 0 Å². The molecule has 2 rings (SSSR count). The third-order valence-corrected chi connectivity index (χ3v) is 3.40. The van der Waals surface area contributed by atoms with Crippen molar-refractivity contribution in [3.05, 3.63) is 41.0 Å². The van der Waals surface area contributed by atoms with Crippen molar-refractivity contribution in [1.82, 2.24) is 0 Å². The Morgan fingerprint density at radius 1 is 0.762 bits per heavy atom. The van der Waals surface area contributed by atoms with Crippen molar-refractivity contribution < 1.29 is 4.74 Å². The van der Waals surface area contributed by atoms with E-state index in [1.54, 1.807) is 13.2 Å². The highest BCUT2D eigenvalue weighted by Crippen LogP contribution is 2.32. The summed E-state index contributed by atoms with van der Waals surface area (Å²) in [6, 6.07) is 7.44. The average molecular weight is 284 g/mol. The Hall–Kier alpha value is -2.56. The molecule has 0 unspecified atom stereocenters. The van der Waals surface area contributed by atoms with Gasteiger partial charge in [0.15, 0.2) is 0 Å². The van der Waals surface area contributed by atoms with E-state index in [2.05, 4.69) is 10.2 Å². The van der Waals surface area contributed by atoms with E-state index in [0.717, 1.165) is 33.8 Å². The zero-order valence-corrected chi connectivity index (χ0v) is 12.8. The van der Waals surface area contributed by atoms with Gasteiger partial charge in [-0.15, -0.1) is 0 Å². The average Bonchev–Trinajstić information content (AvgIpc) is 2.43. The molecule has 2 aromatic carbocycles. The molecular formula is C16H20N4O. The Morgan fingerprint density at radius 3 is 1.86 bits per heavy atom. The van der Waals surface area contributed by atoms with E-state index >= 15 is 0 Å². The number of nitrogens with two attached hydrogens (primary N) is 2. The molecule has 110 valence electrons. The Kier molecular flexibility index (Phi) is 4.12. The lowest BCUT2D eigenvalue weighted by Crippen LogP contribution is -1.92. The van der Waals surface area contributed by atoms with Gasteiger partial charge in [-0.1, -0.05) is 0 Å². The maximum Gasteiger partial charge on any atom is 0.143 e. The first kappa shape index (κ1) is 14.8. The third-order valence-electron chi connectivity index (χ3n) is 3.40. The molecule has 4 N–H and O–H groups in total. The number of anilines is 2. The van der Waals surface area contributed by atoms with Gasteiger partial charge in [-0.25, -0.2) is 0 Å². The minimum atomic E-state index is 0.591. The molecule has 0 saturated carbocycles. The van der Waals surface area contributed by atoms with Gasteiger partial charge in [-0.3, -0.25) is 0 Å². The summed E-state index contributed by atoms with van der Waals surface area (Å²) in [5, 5.41) is 8.62. The number of nitrogens with zero attached hydrogens (tertiary/aromatic N) is 2. The number of nitrogen functional groups attached to an aromatic ring is 2. The van der Waals surface area contributed by atoms with Crippen LogP contribution in [0.3, 0.4) is 0 Å². The SMILES string of the molecule is COc1cc(N=Nc2cc(C)c(N)cc2C)c(C)cc1N. The van der Waals surface area contributed by atoms with Crippen molar-refractivity contribution in [2.24, 2.45) is 10.2 Å². The molecule has 21 heavy (non-hydrogen) atoms. The lowest BCUT2D eigenvalue weighted by atomic mass is 10.1. The molecule has 0 heterocycles. The molecule has 0 aliphatic carbocycles. The van der Waals surface area contributed by atoms with Crippen molar-refractivity contribution in [2.75, 3.05) is 18.6 Å². The van der Waals surface area contributed by atoms with E-state index in [0.29, 0.717) is 11.4 Å². The summed E-state index contributed by atoms with van der Waals surface area (Å²) in [5.74, 6) is 0.597. The third kappa shape index (κ3) is 3.13. The zero-order chi connectivity index (χ0) is 15.6. The summed E-state index contributed by atoms with van der Waals surface area (Å²) in [5.41, 5.74) is 17.5. The van der Waals surface area contributed by atoms with Crippen LogP contribution in [0.25, 0.3) is 0 Å². The van der Waals surface area contributed by atoms with Crippen LogP contribution < -0.4 is 16.2 Å². The predicted octanol–water partition coefficient (Wildman–Crippen LogP) is 4.20. The Labute approximate surface area is 124 Å².